The summed E-state index contributed by atoms with van der Waals surface area (Å²) in [6, 6.07) is 13.6. The van der Waals surface area contributed by atoms with Crippen LogP contribution >= 0.6 is 0 Å². The van der Waals surface area contributed by atoms with Crippen LogP contribution in [-0.2, 0) is 6.61 Å². The summed E-state index contributed by atoms with van der Waals surface area (Å²) in [5.41, 5.74) is 3.08. The smallest absolute Gasteiger partial charge is 0.129 e. The number of rotatable bonds is 5. The SMILES string of the molecule is COc1ccc([C@H](C)O)c(OCc2ccc(C)cc2)c1. The summed E-state index contributed by atoms with van der Waals surface area (Å²) in [5.74, 6) is 1.37. The normalized spacial score (nSPS) is 12.0. The van der Waals surface area contributed by atoms with Crippen LogP contribution in [0.5, 0.6) is 11.5 Å². The molecule has 1 atom stereocenters. The van der Waals surface area contributed by atoms with Gasteiger partial charge in [0.15, 0.2) is 0 Å². The molecule has 0 aliphatic carbocycles. The first-order valence-electron chi connectivity index (χ1n) is 6.64. The monoisotopic (exact) mass is 272 g/mol. The van der Waals surface area contributed by atoms with Crippen LogP contribution in [0.1, 0.15) is 29.7 Å². The second kappa shape index (κ2) is 6.44. The van der Waals surface area contributed by atoms with E-state index in [0.717, 1.165) is 11.1 Å². The number of hydrogen-bond acceptors (Lipinski definition) is 3. The number of aliphatic hydroxyl groups excluding tert-OH is 1. The highest BCUT2D eigenvalue weighted by atomic mass is 16.5. The van der Waals surface area contributed by atoms with Gasteiger partial charge in [-0.3, -0.25) is 0 Å². The van der Waals surface area contributed by atoms with Crippen LogP contribution in [0, 0.1) is 6.92 Å². The van der Waals surface area contributed by atoms with Crippen molar-refractivity contribution in [3.63, 3.8) is 0 Å². The van der Waals surface area contributed by atoms with Gasteiger partial charge >= 0.3 is 0 Å². The highest BCUT2D eigenvalue weighted by Gasteiger charge is 2.10. The fourth-order valence-corrected chi connectivity index (χ4v) is 1.96. The lowest BCUT2D eigenvalue weighted by molar-refractivity contribution is 0.190. The Morgan fingerprint density at radius 3 is 2.40 bits per heavy atom. The molecule has 1 N–H and O–H groups in total. The number of aryl methyl sites for hydroxylation is 1. The number of hydrogen-bond donors (Lipinski definition) is 1. The van der Waals surface area contributed by atoms with E-state index in [9.17, 15) is 5.11 Å². The van der Waals surface area contributed by atoms with E-state index in [1.54, 1.807) is 20.1 Å². The first-order chi connectivity index (χ1) is 9.60. The number of methoxy groups -OCH3 is 1. The molecule has 0 saturated heterocycles. The lowest BCUT2D eigenvalue weighted by Gasteiger charge is -2.15. The van der Waals surface area contributed by atoms with E-state index < -0.39 is 6.10 Å². The molecule has 0 spiro atoms. The Labute approximate surface area is 119 Å². The Balaban J connectivity index is 2.16. The van der Waals surface area contributed by atoms with E-state index in [-0.39, 0.29) is 0 Å². The van der Waals surface area contributed by atoms with Gasteiger partial charge in [-0.1, -0.05) is 29.8 Å². The topological polar surface area (TPSA) is 38.7 Å². The van der Waals surface area contributed by atoms with Gasteiger partial charge in [-0.05, 0) is 31.5 Å². The van der Waals surface area contributed by atoms with Crippen molar-refractivity contribution >= 4 is 0 Å². The summed E-state index contributed by atoms with van der Waals surface area (Å²) < 4.78 is 11.0. The van der Waals surface area contributed by atoms with Gasteiger partial charge in [-0.25, -0.2) is 0 Å². The molecule has 0 unspecified atom stereocenters. The van der Waals surface area contributed by atoms with E-state index in [4.69, 9.17) is 9.47 Å². The van der Waals surface area contributed by atoms with Crippen LogP contribution in [0.2, 0.25) is 0 Å². The fourth-order valence-electron chi connectivity index (χ4n) is 1.96. The summed E-state index contributed by atoms with van der Waals surface area (Å²) >= 11 is 0. The standard InChI is InChI=1S/C17H20O3/c1-12-4-6-14(7-5-12)11-20-17-10-15(19-3)8-9-16(17)13(2)18/h4-10,13,18H,11H2,1-3H3/t13-/m0/s1. The molecular weight excluding hydrogens is 252 g/mol. The van der Waals surface area contributed by atoms with Crippen molar-refractivity contribution in [1.29, 1.82) is 0 Å². The van der Waals surface area contributed by atoms with Crippen LogP contribution in [0.4, 0.5) is 0 Å². The van der Waals surface area contributed by atoms with Crippen molar-refractivity contribution < 1.29 is 14.6 Å². The molecule has 2 rings (SSSR count). The summed E-state index contributed by atoms with van der Waals surface area (Å²) in [4.78, 5) is 0. The Kier molecular flexibility index (Phi) is 4.64. The van der Waals surface area contributed by atoms with Crippen LogP contribution < -0.4 is 9.47 Å². The quantitative estimate of drug-likeness (QED) is 0.903. The van der Waals surface area contributed by atoms with E-state index in [1.165, 1.54) is 5.56 Å². The molecular formula is C17H20O3. The van der Waals surface area contributed by atoms with Crippen LogP contribution in [0.15, 0.2) is 42.5 Å². The van der Waals surface area contributed by atoms with Gasteiger partial charge in [0.05, 0.1) is 13.2 Å². The summed E-state index contributed by atoms with van der Waals surface area (Å²) in [6.07, 6.45) is -0.575. The first-order valence-corrected chi connectivity index (χ1v) is 6.64. The molecule has 0 radical (unpaired) electrons. The fraction of sp³-hybridized carbons (Fsp3) is 0.294. The maximum atomic E-state index is 9.78. The summed E-state index contributed by atoms with van der Waals surface area (Å²) in [7, 11) is 1.61. The van der Waals surface area contributed by atoms with E-state index >= 15 is 0 Å². The minimum Gasteiger partial charge on any atom is -0.497 e. The van der Waals surface area contributed by atoms with E-state index in [1.807, 2.05) is 24.3 Å². The summed E-state index contributed by atoms with van der Waals surface area (Å²) in [5, 5.41) is 9.78. The van der Waals surface area contributed by atoms with Crippen LogP contribution in [-0.4, -0.2) is 12.2 Å². The molecule has 0 aliphatic heterocycles. The van der Waals surface area contributed by atoms with Crippen molar-refractivity contribution in [1.82, 2.24) is 0 Å². The lowest BCUT2D eigenvalue weighted by Crippen LogP contribution is -2.01. The first kappa shape index (κ1) is 14.4. The highest BCUT2D eigenvalue weighted by Crippen LogP contribution is 2.30. The number of ether oxygens (including phenoxy) is 2. The third kappa shape index (κ3) is 3.52. The Bertz CT molecular complexity index is 559. The average molecular weight is 272 g/mol. The molecule has 0 heterocycles. The van der Waals surface area contributed by atoms with Crippen LogP contribution in [0.25, 0.3) is 0 Å². The van der Waals surface area contributed by atoms with Gasteiger partial charge in [0, 0.05) is 11.6 Å². The van der Waals surface area contributed by atoms with Gasteiger partial charge < -0.3 is 14.6 Å². The lowest BCUT2D eigenvalue weighted by atomic mass is 10.1. The molecule has 3 heteroatoms. The van der Waals surface area contributed by atoms with Crippen LogP contribution in [0.3, 0.4) is 0 Å². The second-order valence-electron chi connectivity index (χ2n) is 4.85. The Morgan fingerprint density at radius 1 is 1.10 bits per heavy atom. The number of benzene rings is 2. The highest BCUT2D eigenvalue weighted by molar-refractivity contribution is 5.42. The third-order valence-electron chi connectivity index (χ3n) is 3.19. The van der Waals surface area contributed by atoms with Gasteiger partial charge in [0.2, 0.25) is 0 Å². The summed E-state index contributed by atoms with van der Waals surface area (Å²) in [6.45, 7) is 4.24. The molecule has 2 aromatic rings. The zero-order valence-corrected chi connectivity index (χ0v) is 12.1. The third-order valence-corrected chi connectivity index (χ3v) is 3.19. The predicted octanol–water partition coefficient (Wildman–Crippen LogP) is 3.64. The minimum absolute atomic E-state index is 0.465. The Morgan fingerprint density at radius 2 is 1.80 bits per heavy atom. The molecule has 2 aromatic carbocycles. The minimum atomic E-state index is -0.575. The van der Waals surface area contributed by atoms with Crippen molar-refractivity contribution in [3.05, 3.63) is 59.2 Å². The zero-order chi connectivity index (χ0) is 14.5. The molecule has 0 bridgehead atoms. The molecule has 20 heavy (non-hydrogen) atoms. The largest absolute Gasteiger partial charge is 0.497 e. The number of aliphatic hydroxyl groups is 1. The van der Waals surface area contributed by atoms with E-state index in [0.29, 0.717) is 18.1 Å². The molecule has 0 aromatic heterocycles. The molecule has 106 valence electrons. The van der Waals surface area contributed by atoms with Crippen molar-refractivity contribution in [2.75, 3.05) is 7.11 Å². The van der Waals surface area contributed by atoms with E-state index in [2.05, 4.69) is 19.1 Å². The van der Waals surface area contributed by atoms with Gasteiger partial charge in [-0.15, -0.1) is 0 Å². The van der Waals surface area contributed by atoms with Gasteiger partial charge in [-0.2, -0.15) is 0 Å². The molecule has 0 fully saturated rings. The molecule has 0 saturated carbocycles. The van der Waals surface area contributed by atoms with Gasteiger partial charge in [0.25, 0.3) is 0 Å². The second-order valence-corrected chi connectivity index (χ2v) is 4.85. The van der Waals surface area contributed by atoms with Crippen molar-refractivity contribution in [2.24, 2.45) is 0 Å². The molecule has 0 aliphatic rings. The average Bonchev–Trinajstić information content (AvgIpc) is 2.46. The zero-order valence-electron chi connectivity index (χ0n) is 12.1. The Hall–Kier alpha value is -2.00. The van der Waals surface area contributed by atoms with Crippen molar-refractivity contribution in [2.45, 2.75) is 26.6 Å². The van der Waals surface area contributed by atoms with Gasteiger partial charge in [0.1, 0.15) is 18.1 Å². The molecule has 3 nitrogen and oxygen atoms in total. The maximum Gasteiger partial charge on any atom is 0.129 e. The maximum absolute atomic E-state index is 9.78. The van der Waals surface area contributed by atoms with Crippen molar-refractivity contribution in [3.8, 4) is 11.5 Å². The molecule has 0 amide bonds. The predicted molar refractivity (Wildman–Crippen MR) is 79.1 cm³/mol.